The summed E-state index contributed by atoms with van der Waals surface area (Å²) in [6.45, 7) is 4.23. The third kappa shape index (κ3) is 3.52. The highest BCUT2D eigenvalue weighted by Gasteiger charge is 2.36. The standard InChI is InChI=1S/C12H23BN4O3S/c1-3-21(19,20)14(2)17-8-4-7-16(12(17)18)11-5-9-15(13)10-6-11/h11H,3-10H2,1-2H3. The molecule has 21 heavy (non-hydrogen) atoms. The van der Waals surface area contributed by atoms with Crippen LogP contribution in [-0.4, -0.2) is 86.6 Å². The first-order valence-corrected chi connectivity index (χ1v) is 9.02. The van der Waals surface area contributed by atoms with Crippen molar-refractivity contribution >= 4 is 24.0 Å². The van der Waals surface area contributed by atoms with E-state index < -0.39 is 10.0 Å². The van der Waals surface area contributed by atoms with Crippen molar-refractivity contribution in [3.63, 3.8) is 0 Å². The van der Waals surface area contributed by atoms with E-state index in [0.717, 1.165) is 36.8 Å². The average Bonchev–Trinajstić information content (AvgIpc) is 2.48. The van der Waals surface area contributed by atoms with E-state index in [4.69, 9.17) is 7.98 Å². The molecule has 2 aliphatic heterocycles. The maximum Gasteiger partial charge on any atom is 0.335 e. The summed E-state index contributed by atoms with van der Waals surface area (Å²) in [5.74, 6) is -0.0150. The predicted molar refractivity (Wildman–Crippen MR) is 81.0 cm³/mol. The molecule has 0 aromatic heterocycles. The van der Waals surface area contributed by atoms with Gasteiger partial charge in [0, 0.05) is 26.2 Å². The summed E-state index contributed by atoms with van der Waals surface area (Å²) in [5.41, 5.74) is 0. The molecule has 0 N–H and O–H groups in total. The number of hydrogen-bond donors (Lipinski definition) is 0. The number of carbonyl (C=O) groups is 1. The van der Waals surface area contributed by atoms with Crippen molar-refractivity contribution in [1.82, 2.24) is 19.1 Å². The van der Waals surface area contributed by atoms with E-state index in [1.807, 2.05) is 0 Å². The topological polar surface area (TPSA) is 64.2 Å². The Morgan fingerprint density at radius 3 is 2.43 bits per heavy atom. The second kappa shape index (κ2) is 6.54. The minimum Gasteiger partial charge on any atom is -0.353 e. The number of nitrogens with zero attached hydrogens (tertiary/aromatic N) is 4. The van der Waals surface area contributed by atoms with Crippen LogP contribution in [0.1, 0.15) is 26.2 Å². The highest BCUT2D eigenvalue weighted by molar-refractivity contribution is 7.88. The zero-order valence-corrected chi connectivity index (χ0v) is 13.5. The molecule has 2 radical (unpaired) electrons. The molecule has 0 saturated carbocycles. The van der Waals surface area contributed by atoms with Crippen molar-refractivity contribution in [3.8, 4) is 0 Å². The van der Waals surface area contributed by atoms with Gasteiger partial charge in [-0.2, -0.15) is 0 Å². The van der Waals surface area contributed by atoms with Gasteiger partial charge in [-0.1, -0.05) is 0 Å². The first-order chi connectivity index (χ1) is 9.86. The lowest BCUT2D eigenvalue weighted by Gasteiger charge is -2.44. The number of carbonyl (C=O) groups excluding carboxylic acids is 1. The van der Waals surface area contributed by atoms with Crippen molar-refractivity contribution in [1.29, 1.82) is 0 Å². The molecule has 2 aliphatic rings. The molecule has 2 amide bonds. The van der Waals surface area contributed by atoms with Gasteiger partial charge in [0.25, 0.3) is 0 Å². The largest absolute Gasteiger partial charge is 0.353 e. The number of hydrazine groups is 1. The summed E-state index contributed by atoms with van der Waals surface area (Å²) in [6.07, 6.45) is 2.44. The normalized spacial score (nSPS) is 23.1. The molecule has 0 unspecified atom stereocenters. The van der Waals surface area contributed by atoms with Gasteiger partial charge in [0.05, 0.1) is 5.75 Å². The van der Waals surface area contributed by atoms with E-state index in [-0.39, 0.29) is 17.8 Å². The summed E-state index contributed by atoms with van der Waals surface area (Å²) >= 11 is 0. The molecule has 0 aromatic rings. The summed E-state index contributed by atoms with van der Waals surface area (Å²) in [4.78, 5) is 16.2. The lowest BCUT2D eigenvalue weighted by molar-refractivity contribution is 0.0343. The van der Waals surface area contributed by atoms with Crippen molar-refractivity contribution in [2.75, 3.05) is 39.0 Å². The fraction of sp³-hybridized carbons (Fsp3) is 0.917. The SMILES string of the molecule is [B]N1CCC(N2CCCN(N(C)S(=O)(=O)CC)C2=O)CC1. The van der Waals surface area contributed by atoms with Gasteiger partial charge in [-0.25, -0.2) is 18.2 Å². The maximum absolute atomic E-state index is 12.6. The van der Waals surface area contributed by atoms with Crippen LogP contribution in [-0.2, 0) is 10.0 Å². The third-order valence-electron chi connectivity index (χ3n) is 4.28. The minimum absolute atomic E-state index is 0.0150. The molecule has 0 aromatic carbocycles. The van der Waals surface area contributed by atoms with Crippen molar-refractivity contribution in [3.05, 3.63) is 0 Å². The highest BCUT2D eigenvalue weighted by Crippen LogP contribution is 2.22. The molecule has 7 nitrogen and oxygen atoms in total. The Hall–Kier alpha value is -0.795. The number of sulfonamides is 1. The Labute approximate surface area is 128 Å². The van der Waals surface area contributed by atoms with E-state index >= 15 is 0 Å². The van der Waals surface area contributed by atoms with Crippen LogP contribution in [0.25, 0.3) is 0 Å². The van der Waals surface area contributed by atoms with Gasteiger partial charge in [0.1, 0.15) is 0 Å². The van der Waals surface area contributed by atoms with Crippen LogP contribution >= 0.6 is 0 Å². The smallest absolute Gasteiger partial charge is 0.335 e. The summed E-state index contributed by atoms with van der Waals surface area (Å²) in [5, 5.41) is 1.34. The Bertz CT molecular complexity index is 479. The molecular weight excluding hydrogens is 291 g/mol. The van der Waals surface area contributed by atoms with Gasteiger partial charge >= 0.3 is 6.03 Å². The lowest BCUT2D eigenvalue weighted by atomic mass is 10.00. The maximum atomic E-state index is 12.6. The quantitative estimate of drug-likeness (QED) is 0.678. The van der Waals surface area contributed by atoms with Crippen LogP contribution in [0.15, 0.2) is 0 Å². The summed E-state index contributed by atoms with van der Waals surface area (Å²) in [6, 6.07) is -0.0610. The Kier molecular flexibility index (Phi) is 5.16. The van der Waals surface area contributed by atoms with Gasteiger partial charge in [-0.05, 0) is 39.3 Å². The molecule has 2 fully saturated rings. The number of piperidine rings is 1. The minimum atomic E-state index is -3.41. The first kappa shape index (κ1) is 16.6. The Morgan fingerprint density at radius 1 is 1.24 bits per heavy atom. The second-order valence-electron chi connectivity index (χ2n) is 5.55. The van der Waals surface area contributed by atoms with E-state index in [0.29, 0.717) is 13.1 Å². The molecule has 0 aliphatic carbocycles. The fourth-order valence-electron chi connectivity index (χ4n) is 2.86. The van der Waals surface area contributed by atoms with Gasteiger partial charge < -0.3 is 9.71 Å². The lowest BCUT2D eigenvalue weighted by Crippen LogP contribution is -2.60. The van der Waals surface area contributed by atoms with Crippen molar-refractivity contribution in [2.45, 2.75) is 32.2 Å². The molecule has 2 heterocycles. The Morgan fingerprint density at radius 2 is 1.86 bits per heavy atom. The van der Waals surface area contributed by atoms with Crippen LogP contribution in [0.3, 0.4) is 0 Å². The van der Waals surface area contributed by atoms with Gasteiger partial charge in [-0.15, -0.1) is 4.41 Å². The number of rotatable bonds is 4. The van der Waals surface area contributed by atoms with Crippen LogP contribution in [0.2, 0.25) is 0 Å². The van der Waals surface area contributed by atoms with Crippen molar-refractivity contribution < 1.29 is 13.2 Å². The first-order valence-electron chi connectivity index (χ1n) is 7.41. The molecule has 0 bridgehead atoms. The number of hydrogen-bond acceptors (Lipinski definition) is 4. The zero-order chi connectivity index (χ0) is 15.6. The molecule has 118 valence electrons. The molecule has 2 saturated heterocycles. The predicted octanol–water partition coefficient (Wildman–Crippen LogP) is -0.141. The molecular formula is C12H23BN4O3S. The van der Waals surface area contributed by atoms with Crippen LogP contribution in [0, 0.1) is 0 Å². The molecule has 2 rings (SSSR count). The Balaban J connectivity index is 2.08. The molecule has 0 spiro atoms. The third-order valence-corrected chi connectivity index (χ3v) is 6.01. The molecule has 0 atom stereocenters. The summed E-state index contributed by atoms with van der Waals surface area (Å²) < 4.78 is 25.0. The number of amides is 2. The van der Waals surface area contributed by atoms with Crippen LogP contribution in [0.5, 0.6) is 0 Å². The average molecular weight is 314 g/mol. The van der Waals surface area contributed by atoms with Crippen molar-refractivity contribution in [2.24, 2.45) is 0 Å². The highest BCUT2D eigenvalue weighted by atomic mass is 32.2. The second-order valence-corrected chi connectivity index (χ2v) is 7.82. The van der Waals surface area contributed by atoms with Gasteiger partial charge in [-0.3, -0.25) is 0 Å². The fourth-order valence-corrected chi connectivity index (χ4v) is 3.69. The van der Waals surface area contributed by atoms with E-state index in [9.17, 15) is 13.2 Å². The van der Waals surface area contributed by atoms with Gasteiger partial charge in [0.15, 0.2) is 7.98 Å². The van der Waals surface area contributed by atoms with Gasteiger partial charge in [0.2, 0.25) is 10.0 Å². The van der Waals surface area contributed by atoms with E-state index in [1.165, 1.54) is 12.1 Å². The van der Waals surface area contributed by atoms with E-state index in [1.54, 1.807) is 16.6 Å². The van der Waals surface area contributed by atoms with Crippen LogP contribution < -0.4 is 0 Å². The zero-order valence-electron chi connectivity index (χ0n) is 12.7. The summed E-state index contributed by atoms with van der Waals surface area (Å²) in [7, 11) is 3.78. The van der Waals surface area contributed by atoms with E-state index in [2.05, 4.69) is 0 Å². The number of urea groups is 1. The van der Waals surface area contributed by atoms with Crippen LogP contribution in [0.4, 0.5) is 4.79 Å². The monoisotopic (exact) mass is 314 g/mol. The molecule has 9 heteroatoms.